The van der Waals surface area contributed by atoms with E-state index in [2.05, 4.69) is 10.1 Å². The molecule has 0 aliphatic heterocycles. The van der Waals surface area contributed by atoms with Crippen LogP contribution >= 0.6 is 23.4 Å². The van der Waals surface area contributed by atoms with Gasteiger partial charge in [0.05, 0.1) is 12.4 Å². The molecule has 25 heavy (non-hydrogen) atoms. The molecule has 0 bridgehead atoms. The number of halogens is 3. The van der Waals surface area contributed by atoms with Crippen LogP contribution < -0.4 is 14.8 Å². The van der Waals surface area contributed by atoms with Crippen molar-refractivity contribution in [3.63, 3.8) is 0 Å². The van der Waals surface area contributed by atoms with Crippen molar-refractivity contribution in [3.05, 3.63) is 53.6 Å². The summed E-state index contributed by atoms with van der Waals surface area (Å²) >= 11 is 7.21. The summed E-state index contributed by atoms with van der Waals surface area (Å²) in [6.07, 6.45) is 0. The summed E-state index contributed by atoms with van der Waals surface area (Å²) in [5, 5.41) is 3.32. The quantitative estimate of drug-likeness (QED) is 0.634. The highest BCUT2D eigenvalue weighted by Crippen LogP contribution is 2.18. The zero-order valence-corrected chi connectivity index (χ0v) is 14.7. The molecule has 0 aliphatic carbocycles. The minimum absolute atomic E-state index is 0.0433. The van der Waals surface area contributed by atoms with E-state index >= 15 is 0 Å². The summed E-state index contributed by atoms with van der Waals surface area (Å²) < 4.78 is 33.9. The van der Waals surface area contributed by atoms with Crippen molar-refractivity contribution in [3.8, 4) is 11.5 Å². The van der Waals surface area contributed by atoms with E-state index in [4.69, 9.17) is 16.3 Å². The second-order valence-electron chi connectivity index (χ2n) is 4.81. The third-order valence-corrected chi connectivity index (χ3v) is 4.08. The number of carbonyl (C=O) groups excluding carboxylic acids is 1. The number of nitrogens with one attached hydrogen (secondary N) is 1. The van der Waals surface area contributed by atoms with E-state index in [9.17, 15) is 13.6 Å². The highest BCUT2D eigenvalue weighted by molar-refractivity contribution is 7.99. The van der Waals surface area contributed by atoms with Gasteiger partial charge in [-0.25, -0.2) is 0 Å². The van der Waals surface area contributed by atoms with Crippen LogP contribution in [0.3, 0.4) is 0 Å². The van der Waals surface area contributed by atoms with E-state index in [-0.39, 0.29) is 17.4 Å². The number of hydrogen-bond acceptors (Lipinski definition) is 4. The molecule has 134 valence electrons. The second-order valence-corrected chi connectivity index (χ2v) is 6.35. The lowest BCUT2D eigenvalue weighted by Gasteiger charge is -2.08. The topological polar surface area (TPSA) is 47.6 Å². The lowest BCUT2D eigenvalue weighted by molar-refractivity contribution is -0.113. The SMILES string of the molecule is O=C(CSCCOc1ccc(Cl)cc1)Nc1ccc(OC(F)F)cc1. The van der Waals surface area contributed by atoms with Crippen LogP contribution in [-0.2, 0) is 4.79 Å². The molecule has 0 spiro atoms. The van der Waals surface area contributed by atoms with E-state index in [1.807, 2.05) is 0 Å². The molecular weight excluding hydrogens is 372 g/mol. The molecular formula is C17H16ClF2NO3S. The number of hydrogen-bond donors (Lipinski definition) is 1. The predicted octanol–water partition coefficient (Wildman–Crippen LogP) is 4.69. The van der Waals surface area contributed by atoms with Crippen LogP contribution in [0.2, 0.25) is 5.02 Å². The first-order valence-corrected chi connectivity index (χ1v) is 8.87. The van der Waals surface area contributed by atoms with Crippen LogP contribution in [0.25, 0.3) is 0 Å². The Kier molecular flexibility index (Phi) is 7.81. The van der Waals surface area contributed by atoms with Gasteiger partial charge in [0.1, 0.15) is 11.5 Å². The van der Waals surface area contributed by atoms with E-state index < -0.39 is 6.61 Å². The van der Waals surface area contributed by atoms with Crippen molar-refractivity contribution in [2.45, 2.75) is 6.61 Å². The van der Waals surface area contributed by atoms with Gasteiger partial charge in [0.15, 0.2) is 0 Å². The van der Waals surface area contributed by atoms with E-state index in [1.165, 1.54) is 36.0 Å². The molecule has 0 unspecified atom stereocenters. The summed E-state index contributed by atoms with van der Waals surface area (Å²) in [6.45, 7) is -2.40. The Bertz CT molecular complexity index is 669. The van der Waals surface area contributed by atoms with Crippen LogP contribution in [0.15, 0.2) is 48.5 Å². The molecule has 2 rings (SSSR count). The Morgan fingerprint density at radius 2 is 1.72 bits per heavy atom. The monoisotopic (exact) mass is 387 g/mol. The summed E-state index contributed by atoms with van der Waals surface area (Å²) in [5.74, 6) is 1.50. The molecule has 8 heteroatoms. The Morgan fingerprint density at radius 3 is 2.36 bits per heavy atom. The van der Waals surface area contributed by atoms with Crippen LogP contribution in [-0.4, -0.2) is 30.6 Å². The molecule has 0 aliphatic rings. The lowest BCUT2D eigenvalue weighted by atomic mass is 10.3. The molecule has 0 heterocycles. The summed E-state index contributed by atoms with van der Waals surface area (Å²) in [7, 11) is 0. The van der Waals surface area contributed by atoms with E-state index in [1.54, 1.807) is 24.3 Å². The van der Waals surface area contributed by atoms with Gasteiger partial charge in [-0.15, -0.1) is 11.8 Å². The molecule has 2 aromatic carbocycles. The smallest absolute Gasteiger partial charge is 0.387 e. The largest absolute Gasteiger partial charge is 0.493 e. The standard InChI is InChI=1S/C17H16ClF2NO3S/c18-12-1-5-14(6-2-12)23-9-10-25-11-16(22)21-13-3-7-15(8-4-13)24-17(19)20/h1-8,17H,9-11H2,(H,21,22). The van der Waals surface area contributed by atoms with Crippen molar-refractivity contribution >= 4 is 35.0 Å². The van der Waals surface area contributed by atoms with Gasteiger partial charge >= 0.3 is 6.61 Å². The van der Waals surface area contributed by atoms with E-state index in [0.29, 0.717) is 23.1 Å². The van der Waals surface area contributed by atoms with Crippen molar-refractivity contribution < 1.29 is 23.0 Å². The van der Waals surface area contributed by atoms with Gasteiger partial charge in [0, 0.05) is 16.5 Å². The Balaban J connectivity index is 1.62. The van der Waals surface area contributed by atoms with Crippen molar-refractivity contribution in [1.82, 2.24) is 0 Å². The zero-order chi connectivity index (χ0) is 18.1. The second kappa shape index (κ2) is 10.1. The number of alkyl halides is 2. The van der Waals surface area contributed by atoms with Gasteiger partial charge in [-0.1, -0.05) is 11.6 Å². The number of benzene rings is 2. The summed E-state index contributed by atoms with van der Waals surface area (Å²) in [5.41, 5.74) is 0.518. The average Bonchev–Trinajstić information content (AvgIpc) is 2.57. The van der Waals surface area contributed by atoms with Gasteiger partial charge in [0.25, 0.3) is 0 Å². The van der Waals surface area contributed by atoms with Crippen LogP contribution in [0.1, 0.15) is 0 Å². The summed E-state index contributed by atoms with van der Waals surface area (Å²) in [4.78, 5) is 11.8. The van der Waals surface area contributed by atoms with Crippen LogP contribution in [0.4, 0.5) is 14.5 Å². The maximum Gasteiger partial charge on any atom is 0.387 e. The number of thioether (sulfide) groups is 1. The number of anilines is 1. The first-order valence-electron chi connectivity index (χ1n) is 7.34. The molecule has 0 atom stereocenters. The Morgan fingerprint density at radius 1 is 1.08 bits per heavy atom. The first kappa shape index (κ1) is 19.3. The number of carbonyl (C=O) groups is 1. The fourth-order valence-electron chi connectivity index (χ4n) is 1.83. The normalized spacial score (nSPS) is 10.6. The summed E-state index contributed by atoms with van der Waals surface area (Å²) in [6, 6.07) is 12.8. The fourth-order valence-corrected chi connectivity index (χ4v) is 2.56. The first-order chi connectivity index (χ1) is 12.0. The van der Waals surface area contributed by atoms with Gasteiger partial charge in [-0.2, -0.15) is 8.78 Å². The zero-order valence-electron chi connectivity index (χ0n) is 13.1. The van der Waals surface area contributed by atoms with Crippen LogP contribution in [0.5, 0.6) is 11.5 Å². The third-order valence-electron chi connectivity index (χ3n) is 2.91. The van der Waals surface area contributed by atoms with Crippen molar-refractivity contribution in [2.75, 3.05) is 23.4 Å². The number of amides is 1. The lowest BCUT2D eigenvalue weighted by Crippen LogP contribution is -2.15. The third kappa shape index (κ3) is 7.62. The molecule has 0 fully saturated rings. The highest BCUT2D eigenvalue weighted by atomic mass is 35.5. The number of rotatable bonds is 9. The maximum absolute atomic E-state index is 12.0. The molecule has 1 amide bonds. The number of ether oxygens (including phenoxy) is 2. The van der Waals surface area contributed by atoms with Gasteiger partial charge in [0.2, 0.25) is 5.91 Å². The molecule has 0 aromatic heterocycles. The van der Waals surface area contributed by atoms with E-state index in [0.717, 1.165) is 5.75 Å². The van der Waals surface area contributed by atoms with Gasteiger partial charge in [-0.05, 0) is 48.5 Å². The minimum Gasteiger partial charge on any atom is -0.493 e. The minimum atomic E-state index is -2.87. The molecule has 0 radical (unpaired) electrons. The highest BCUT2D eigenvalue weighted by Gasteiger charge is 2.06. The van der Waals surface area contributed by atoms with Crippen molar-refractivity contribution in [2.24, 2.45) is 0 Å². The molecule has 2 aromatic rings. The van der Waals surface area contributed by atoms with Crippen molar-refractivity contribution in [1.29, 1.82) is 0 Å². The van der Waals surface area contributed by atoms with Crippen LogP contribution in [0, 0.1) is 0 Å². The Labute approximate surface area is 153 Å². The van der Waals surface area contributed by atoms with Gasteiger partial charge in [-0.3, -0.25) is 4.79 Å². The molecule has 0 saturated heterocycles. The van der Waals surface area contributed by atoms with Gasteiger partial charge < -0.3 is 14.8 Å². The molecule has 1 N–H and O–H groups in total. The Hall–Kier alpha value is -1.99. The fraction of sp³-hybridized carbons (Fsp3) is 0.235. The average molecular weight is 388 g/mol. The molecule has 4 nitrogen and oxygen atoms in total. The maximum atomic E-state index is 12.0. The predicted molar refractivity (Wildman–Crippen MR) is 96.0 cm³/mol. The molecule has 0 saturated carbocycles.